The summed E-state index contributed by atoms with van der Waals surface area (Å²) in [5.41, 5.74) is -1.50. The number of nitrogens with one attached hydrogen (secondary N) is 1. The third-order valence-corrected chi connectivity index (χ3v) is 7.73. The Hall–Kier alpha value is -2.91. The van der Waals surface area contributed by atoms with Crippen molar-refractivity contribution in [2.75, 3.05) is 16.8 Å². The molecule has 0 bridgehead atoms. The smallest absolute Gasteiger partial charge is 0.324 e. The largest absolute Gasteiger partial charge is 0.416 e. The normalized spacial score (nSPS) is 30.7. The molecule has 0 aromatic heterocycles. The highest BCUT2D eigenvalue weighted by atomic mass is 35.5. The van der Waals surface area contributed by atoms with Gasteiger partial charge >= 0.3 is 6.18 Å². The van der Waals surface area contributed by atoms with Crippen molar-refractivity contribution >= 4 is 40.7 Å². The van der Waals surface area contributed by atoms with Crippen LogP contribution in [0.5, 0.6) is 0 Å². The van der Waals surface area contributed by atoms with Crippen LogP contribution in [0.25, 0.3) is 0 Å². The van der Waals surface area contributed by atoms with Crippen molar-refractivity contribution in [2.24, 2.45) is 11.8 Å². The molecule has 6 nitrogen and oxygen atoms in total. The van der Waals surface area contributed by atoms with Crippen LogP contribution in [0.1, 0.15) is 24.0 Å². The monoisotopic (exact) mass is 475 g/mol. The SMILES string of the molecule is O=C1[C@H]2[C@@H](C(=O)N1c1cc(C(F)(F)F)ccc1Cl)[C@@]1(C(=O)Nc3ccccc31)N1CCC[C@@H]21. The first-order valence-electron chi connectivity index (χ1n) is 10.6. The Labute approximate surface area is 191 Å². The minimum Gasteiger partial charge on any atom is -0.324 e. The molecular formula is C23H17ClF3N3O3. The molecule has 10 heteroatoms. The number of hydrogen-bond acceptors (Lipinski definition) is 4. The van der Waals surface area contributed by atoms with Gasteiger partial charge in [0.05, 0.1) is 28.1 Å². The van der Waals surface area contributed by atoms with Crippen LogP contribution in [-0.4, -0.2) is 35.2 Å². The third-order valence-electron chi connectivity index (χ3n) is 7.41. The van der Waals surface area contributed by atoms with E-state index in [-0.39, 0.29) is 22.7 Å². The number of alkyl halides is 3. The zero-order valence-corrected chi connectivity index (χ0v) is 17.8. The number of benzene rings is 2. The van der Waals surface area contributed by atoms with Gasteiger partial charge in [-0.2, -0.15) is 13.2 Å². The fraction of sp³-hybridized carbons (Fsp3) is 0.348. The number of carbonyl (C=O) groups is 3. The molecule has 3 amide bonds. The van der Waals surface area contributed by atoms with Crippen LogP contribution >= 0.6 is 11.6 Å². The molecule has 2 aromatic rings. The van der Waals surface area contributed by atoms with Crippen LogP contribution in [0.4, 0.5) is 24.5 Å². The van der Waals surface area contributed by atoms with Gasteiger partial charge in [0.1, 0.15) is 5.54 Å². The zero-order valence-electron chi connectivity index (χ0n) is 17.0. The Morgan fingerprint density at radius 3 is 2.58 bits per heavy atom. The van der Waals surface area contributed by atoms with E-state index in [9.17, 15) is 27.6 Å². The lowest BCUT2D eigenvalue weighted by atomic mass is 9.75. The highest BCUT2D eigenvalue weighted by Crippen LogP contribution is 2.60. The van der Waals surface area contributed by atoms with Crippen LogP contribution in [-0.2, 0) is 26.1 Å². The molecule has 3 fully saturated rings. The summed E-state index contributed by atoms with van der Waals surface area (Å²) in [4.78, 5) is 43.6. The third kappa shape index (κ3) is 2.46. The number of halogens is 4. The lowest BCUT2D eigenvalue weighted by Crippen LogP contribution is -2.54. The van der Waals surface area contributed by atoms with Gasteiger partial charge in [-0.05, 0) is 43.7 Å². The first-order chi connectivity index (χ1) is 15.7. The summed E-state index contributed by atoms with van der Waals surface area (Å²) in [5, 5.41) is 2.71. The maximum Gasteiger partial charge on any atom is 0.416 e. The number of fused-ring (bicyclic) bond motifs is 7. The first kappa shape index (κ1) is 20.7. The van der Waals surface area contributed by atoms with E-state index in [4.69, 9.17) is 11.6 Å². The van der Waals surface area contributed by atoms with E-state index >= 15 is 0 Å². The number of rotatable bonds is 1. The Balaban J connectivity index is 1.54. The molecule has 4 aliphatic heterocycles. The van der Waals surface area contributed by atoms with Crippen molar-refractivity contribution < 1.29 is 27.6 Å². The van der Waals surface area contributed by atoms with E-state index in [1.807, 2.05) is 4.90 Å². The maximum absolute atomic E-state index is 13.8. The van der Waals surface area contributed by atoms with Crippen LogP contribution in [0, 0.1) is 11.8 Å². The number of imide groups is 1. The van der Waals surface area contributed by atoms with Gasteiger partial charge in [-0.1, -0.05) is 29.8 Å². The Kier molecular flexibility index (Phi) is 4.12. The molecule has 6 rings (SSSR count). The molecule has 33 heavy (non-hydrogen) atoms. The second-order valence-electron chi connectivity index (χ2n) is 8.85. The summed E-state index contributed by atoms with van der Waals surface area (Å²) < 4.78 is 40.1. The summed E-state index contributed by atoms with van der Waals surface area (Å²) in [6.07, 6.45) is -3.31. The summed E-state index contributed by atoms with van der Waals surface area (Å²) >= 11 is 6.18. The van der Waals surface area contributed by atoms with E-state index in [0.717, 1.165) is 29.5 Å². The van der Waals surface area contributed by atoms with Gasteiger partial charge in [0.25, 0.3) is 0 Å². The van der Waals surface area contributed by atoms with Crippen LogP contribution in [0.2, 0.25) is 5.02 Å². The lowest BCUT2D eigenvalue weighted by molar-refractivity contribution is -0.137. The standard InChI is InChI=1S/C23H17ClF3N3O3/c24-13-8-7-11(23(25,26)27)10-16(13)30-19(31)17-15-6-3-9-29(15)22(18(17)20(30)32)12-4-1-2-5-14(12)28-21(22)33/h1-2,4-5,7-8,10,15,17-18H,3,6,9H2,(H,28,33)/t15-,17+,18-,22-/m0/s1. The minimum absolute atomic E-state index is 0.140. The average molecular weight is 476 g/mol. The Bertz CT molecular complexity index is 1250. The van der Waals surface area contributed by atoms with Gasteiger partial charge in [0.2, 0.25) is 17.7 Å². The maximum atomic E-state index is 13.8. The van der Waals surface area contributed by atoms with Crippen LogP contribution < -0.4 is 10.2 Å². The average Bonchev–Trinajstić information content (AvgIpc) is 3.46. The van der Waals surface area contributed by atoms with Gasteiger partial charge in [0.15, 0.2) is 0 Å². The molecular weight excluding hydrogens is 459 g/mol. The molecule has 0 aliphatic carbocycles. The van der Waals surface area contributed by atoms with E-state index in [1.54, 1.807) is 24.3 Å². The fourth-order valence-electron chi connectivity index (χ4n) is 6.26. The van der Waals surface area contributed by atoms with Crippen LogP contribution in [0.3, 0.4) is 0 Å². The van der Waals surface area contributed by atoms with Gasteiger partial charge in [-0.3, -0.25) is 19.3 Å². The number of hydrogen-bond donors (Lipinski definition) is 1. The molecule has 4 heterocycles. The Morgan fingerprint density at radius 2 is 1.82 bits per heavy atom. The highest BCUT2D eigenvalue weighted by molar-refractivity contribution is 6.36. The number of anilines is 2. The molecule has 1 N–H and O–H groups in total. The molecule has 0 radical (unpaired) electrons. The van der Waals surface area contributed by atoms with Gasteiger partial charge < -0.3 is 5.32 Å². The van der Waals surface area contributed by atoms with Crippen molar-refractivity contribution in [3.05, 3.63) is 58.6 Å². The van der Waals surface area contributed by atoms with Gasteiger partial charge in [-0.15, -0.1) is 0 Å². The number of para-hydroxylation sites is 1. The number of carbonyl (C=O) groups excluding carboxylic acids is 3. The summed E-state index contributed by atoms with van der Waals surface area (Å²) in [6, 6.07) is 9.23. The van der Waals surface area contributed by atoms with Gasteiger partial charge in [0, 0.05) is 17.3 Å². The van der Waals surface area contributed by atoms with E-state index in [0.29, 0.717) is 24.2 Å². The molecule has 2 aromatic carbocycles. The quantitative estimate of drug-likeness (QED) is 0.637. The summed E-state index contributed by atoms with van der Waals surface area (Å²) in [6.45, 7) is 0.546. The van der Waals surface area contributed by atoms with Crippen molar-refractivity contribution in [3.63, 3.8) is 0 Å². The minimum atomic E-state index is -4.67. The molecule has 0 saturated carbocycles. The van der Waals surface area contributed by atoms with Crippen molar-refractivity contribution in [1.82, 2.24) is 4.90 Å². The zero-order chi connectivity index (χ0) is 23.3. The first-order valence-corrected chi connectivity index (χ1v) is 11.0. The predicted molar refractivity (Wildman–Crippen MR) is 112 cm³/mol. The Morgan fingerprint density at radius 1 is 1.06 bits per heavy atom. The summed E-state index contributed by atoms with van der Waals surface area (Å²) in [5.74, 6) is -3.60. The fourth-order valence-corrected chi connectivity index (χ4v) is 6.46. The molecule has 170 valence electrons. The van der Waals surface area contributed by atoms with E-state index in [2.05, 4.69) is 5.32 Å². The second kappa shape index (κ2) is 6.57. The number of nitrogens with zero attached hydrogens (tertiary/aromatic N) is 2. The molecule has 4 aliphatic rings. The predicted octanol–water partition coefficient (Wildman–Crippen LogP) is 3.79. The molecule has 1 spiro atoms. The second-order valence-corrected chi connectivity index (χ2v) is 9.26. The van der Waals surface area contributed by atoms with Crippen LogP contribution in [0.15, 0.2) is 42.5 Å². The van der Waals surface area contributed by atoms with Crippen molar-refractivity contribution in [1.29, 1.82) is 0 Å². The summed E-state index contributed by atoms with van der Waals surface area (Å²) in [7, 11) is 0. The molecule has 4 atom stereocenters. The van der Waals surface area contributed by atoms with E-state index in [1.165, 1.54) is 0 Å². The highest BCUT2D eigenvalue weighted by Gasteiger charge is 2.74. The molecule has 0 unspecified atom stereocenters. The van der Waals surface area contributed by atoms with Gasteiger partial charge in [-0.25, -0.2) is 4.90 Å². The molecule has 3 saturated heterocycles. The van der Waals surface area contributed by atoms with E-state index < -0.39 is 40.9 Å². The topological polar surface area (TPSA) is 69.7 Å². The van der Waals surface area contributed by atoms with Crippen molar-refractivity contribution in [3.8, 4) is 0 Å². The number of amides is 3. The lowest BCUT2D eigenvalue weighted by Gasteiger charge is -2.36. The van der Waals surface area contributed by atoms with Crippen molar-refractivity contribution in [2.45, 2.75) is 30.6 Å².